The van der Waals surface area contributed by atoms with E-state index in [1.54, 1.807) is 27.7 Å². The molecule has 1 saturated carbocycles. The van der Waals surface area contributed by atoms with E-state index < -0.39 is 5.60 Å². The van der Waals surface area contributed by atoms with Gasteiger partial charge >= 0.3 is 0 Å². The minimum atomic E-state index is -1.00. The molecule has 2 unspecified atom stereocenters. The number of aromatic amines is 1. The van der Waals surface area contributed by atoms with Crippen molar-refractivity contribution in [3.63, 3.8) is 0 Å². The number of aromatic nitrogens is 4. The third-order valence-corrected chi connectivity index (χ3v) is 8.43. The monoisotopic (exact) mass is 481 g/mol. The number of β-amino-alcohol motifs (C(OH)–C–C–N with tert-alkyl or cyclic N) is 1. The van der Waals surface area contributed by atoms with Gasteiger partial charge in [-0.25, -0.2) is 0 Å². The van der Waals surface area contributed by atoms with Crippen LogP contribution in [0.1, 0.15) is 20.8 Å². The van der Waals surface area contributed by atoms with Crippen LogP contribution in [0.25, 0.3) is 21.9 Å². The molecule has 0 radical (unpaired) electrons. The molecule has 3 aliphatic rings. The molecule has 0 spiro atoms. The lowest BCUT2D eigenvalue weighted by molar-refractivity contribution is -0.145. The summed E-state index contributed by atoms with van der Waals surface area (Å²) in [6.45, 7) is 1.78. The van der Waals surface area contributed by atoms with Gasteiger partial charge in [-0.05, 0) is 36.2 Å². The number of hydrogen-bond donors (Lipinski definition) is 2. The van der Waals surface area contributed by atoms with Gasteiger partial charge < -0.3 is 19.5 Å². The van der Waals surface area contributed by atoms with Crippen LogP contribution in [0.4, 0.5) is 0 Å². The average Bonchev–Trinajstić information content (AvgIpc) is 3.66. The molecule has 3 fully saturated rings. The van der Waals surface area contributed by atoms with Gasteiger partial charge in [-0.15, -0.1) is 5.10 Å². The van der Waals surface area contributed by atoms with Crippen LogP contribution in [-0.2, 0) is 6.54 Å². The first-order chi connectivity index (χ1) is 17.5. The predicted octanol–water partition coefficient (Wildman–Crippen LogP) is 1.64. The van der Waals surface area contributed by atoms with E-state index in [-0.39, 0.29) is 42.7 Å². The number of carbonyl (C=O) groups is 2. The zero-order chi connectivity index (χ0) is 24.6. The third kappa shape index (κ3) is 2.80. The lowest BCUT2D eigenvalue weighted by Gasteiger charge is -2.50. The maximum absolute atomic E-state index is 13.5. The summed E-state index contributed by atoms with van der Waals surface area (Å²) in [5.74, 6) is -0.236. The summed E-state index contributed by atoms with van der Waals surface area (Å²) in [7, 11) is 0. The van der Waals surface area contributed by atoms with Crippen molar-refractivity contribution in [3.8, 4) is 6.07 Å². The number of para-hydroxylation sites is 1. The van der Waals surface area contributed by atoms with E-state index in [0.717, 1.165) is 16.4 Å². The Bertz CT molecular complexity index is 1600. The number of hydrogen-bond acceptors (Lipinski definition) is 6. The summed E-state index contributed by atoms with van der Waals surface area (Å²) < 4.78 is 1.74. The van der Waals surface area contributed by atoms with Crippen LogP contribution in [0.2, 0.25) is 0 Å². The van der Waals surface area contributed by atoms with Crippen molar-refractivity contribution in [2.24, 2.45) is 17.8 Å². The molecule has 2 N–H and O–H groups in total. The normalized spacial score (nSPS) is 26.6. The molecule has 10 heteroatoms. The number of H-pyrrole nitrogens is 1. The number of amides is 2. The number of nitrogens with zero attached hydrogens (tertiary/aromatic N) is 6. The van der Waals surface area contributed by atoms with Crippen molar-refractivity contribution in [2.45, 2.75) is 12.1 Å². The Morgan fingerprint density at radius 1 is 1.08 bits per heavy atom. The number of fused-ring (bicyclic) bond motifs is 6. The van der Waals surface area contributed by atoms with Crippen LogP contribution >= 0.6 is 0 Å². The van der Waals surface area contributed by atoms with Gasteiger partial charge in [0.05, 0.1) is 23.7 Å². The van der Waals surface area contributed by atoms with E-state index in [4.69, 9.17) is 0 Å². The summed E-state index contributed by atoms with van der Waals surface area (Å²) in [6, 6.07) is 16.9. The Morgan fingerprint density at radius 3 is 2.72 bits per heavy atom. The molecule has 2 amide bonds. The van der Waals surface area contributed by atoms with Crippen LogP contribution in [0.5, 0.6) is 0 Å². The Morgan fingerprint density at radius 2 is 1.89 bits per heavy atom. The highest BCUT2D eigenvalue weighted by molar-refractivity contribution is 5.99. The summed E-state index contributed by atoms with van der Waals surface area (Å²) in [6.07, 6.45) is 0. The molecule has 2 saturated heterocycles. The van der Waals surface area contributed by atoms with Gasteiger partial charge in [0, 0.05) is 47.9 Å². The second-order valence-electron chi connectivity index (χ2n) is 10.1. The molecule has 10 nitrogen and oxygen atoms in total. The first kappa shape index (κ1) is 21.1. The minimum absolute atomic E-state index is 0.0648. The molecule has 2 aromatic heterocycles. The number of nitrogens with one attached hydrogen (secondary N) is 1. The Hall–Kier alpha value is -4.23. The fourth-order valence-corrected chi connectivity index (χ4v) is 6.70. The van der Waals surface area contributed by atoms with Gasteiger partial charge in [0.1, 0.15) is 17.8 Å². The van der Waals surface area contributed by atoms with E-state index >= 15 is 0 Å². The van der Waals surface area contributed by atoms with Crippen LogP contribution < -0.4 is 0 Å². The van der Waals surface area contributed by atoms with Gasteiger partial charge in [-0.2, -0.15) is 5.26 Å². The van der Waals surface area contributed by atoms with E-state index in [1.165, 1.54) is 0 Å². The summed E-state index contributed by atoms with van der Waals surface area (Å²) in [5.41, 5.74) is 2.28. The molecular formula is C26H23N7O3. The molecule has 2 aromatic carbocycles. The van der Waals surface area contributed by atoms with Crippen LogP contribution in [-0.4, -0.2) is 78.5 Å². The molecule has 4 heterocycles. The lowest BCUT2D eigenvalue weighted by Crippen LogP contribution is -2.61. The van der Waals surface area contributed by atoms with Crippen molar-refractivity contribution in [1.29, 1.82) is 5.26 Å². The topological polar surface area (TPSA) is 131 Å². The standard InChI is InChI=1S/C26H23N7O3/c27-7-8-33-22-4-2-1-3-15(22)10-23(33)25(35)32-13-19-17-11-31(12-18(17)26(19,36)14-32)24(34)16-5-6-20-21(9-16)29-30-28-20/h1-6,9-10,17-19,36H,8,11-14H2,(H,28,29,30)/t17-,18+,19?,26?/m0/s1. The molecule has 1 aliphatic carbocycles. The molecular weight excluding hydrogens is 458 g/mol. The Balaban J connectivity index is 1.10. The van der Waals surface area contributed by atoms with E-state index in [1.807, 2.05) is 35.2 Å². The Labute approximate surface area is 205 Å². The van der Waals surface area contributed by atoms with Crippen molar-refractivity contribution < 1.29 is 14.7 Å². The van der Waals surface area contributed by atoms with Crippen molar-refractivity contribution in [2.75, 3.05) is 26.2 Å². The number of benzene rings is 2. The van der Waals surface area contributed by atoms with Gasteiger partial charge in [-0.1, -0.05) is 23.4 Å². The van der Waals surface area contributed by atoms with Crippen molar-refractivity contribution in [1.82, 2.24) is 29.8 Å². The smallest absolute Gasteiger partial charge is 0.270 e. The van der Waals surface area contributed by atoms with Crippen LogP contribution in [0.15, 0.2) is 48.5 Å². The second-order valence-corrected chi connectivity index (χ2v) is 10.1. The third-order valence-electron chi connectivity index (χ3n) is 8.43. The highest BCUT2D eigenvalue weighted by Gasteiger charge is 2.68. The highest BCUT2D eigenvalue weighted by atomic mass is 16.3. The predicted molar refractivity (Wildman–Crippen MR) is 129 cm³/mol. The van der Waals surface area contributed by atoms with Gasteiger partial charge in [0.15, 0.2) is 0 Å². The molecule has 0 bridgehead atoms. The quantitative estimate of drug-likeness (QED) is 0.457. The first-order valence-corrected chi connectivity index (χ1v) is 12.0. The fraction of sp³-hybridized carbons (Fsp3) is 0.346. The second kappa shape index (κ2) is 7.38. The van der Waals surface area contributed by atoms with E-state index in [2.05, 4.69) is 21.5 Å². The largest absolute Gasteiger partial charge is 0.387 e. The average molecular weight is 482 g/mol. The maximum atomic E-state index is 13.5. The van der Waals surface area contributed by atoms with Gasteiger partial charge in [0.2, 0.25) is 0 Å². The summed E-state index contributed by atoms with van der Waals surface area (Å²) in [5, 5.41) is 32.4. The van der Waals surface area contributed by atoms with E-state index in [9.17, 15) is 20.0 Å². The molecule has 4 atom stereocenters. The number of likely N-dealkylation sites (tertiary alicyclic amines) is 2. The number of nitriles is 1. The molecule has 36 heavy (non-hydrogen) atoms. The molecule has 2 aliphatic heterocycles. The summed E-state index contributed by atoms with van der Waals surface area (Å²) >= 11 is 0. The molecule has 180 valence electrons. The minimum Gasteiger partial charge on any atom is -0.387 e. The SMILES string of the molecule is N#CCn1c(C(=O)N2CC3[C@H]4CN(C(=O)c5ccc6[nH]nnc6c5)C[C@H]4C3(O)C2)cc2ccccc21. The van der Waals surface area contributed by atoms with Crippen LogP contribution in [0, 0.1) is 29.1 Å². The fourth-order valence-electron chi connectivity index (χ4n) is 6.70. The maximum Gasteiger partial charge on any atom is 0.270 e. The zero-order valence-corrected chi connectivity index (χ0v) is 19.3. The number of rotatable bonds is 3. The molecule has 4 aromatic rings. The number of aliphatic hydroxyl groups is 1. The van der Waals surface area contributed by atoms with Crippen molar-refractivity contribution >= 4 is 33.8 Å². The van der Waals surface area contributed by atoms with Gasteiger partial charge in [-0.3, -0.25) is 14.7 Å². The Kier molecular flexibility index (Phi) is 4.32. The molecule has 7 rings (SSSR count). The highest BCUT2D eigenvalue weighted by Crippen LogP contribution is 2.57. The lowest BCUT2D eigenvalue weighted by atomic mass is 9.56. The zero-order valence-electron chi connectivity index (χ0n) is 19.3. The first-order valence-electron chi connectivity index (χ1n) is 12.0. The van der Waals surface area contributed by atoms with Crippen LogP contribution in [0.3, 0.4) is 0 Å². The van der Waals surface area contributed by atoms with Gasteiger partial charge in [0.25, 0.3) is 11.8 Å². The summed E-state index contributed by atoms with van der Waals surface area (Å²) in [4.78, 5) is 30.3. The number of carbonyl (C=O) groups excluding carboxylic acids is 2. The van der Waals surface area contributed by atoms with Crippen molar-refractivity contribution in [3.05, 3.63) is 59.8 Å². The van der Waals surface area contributed by atoms with E-state index in [0.29, 0.717) is 36.4 Å².